The maximum absolute atomic E-state index is 13.8. The second kappa shape index (κ2) is 9.13. The molecule has 0 aliphatic heterocycles. The van der Waals surface area contributed by atoms with Crippen LogP contribution < -0.4 is 10.6 Å². The van der Waals surface area contributed by atoms with Crippen molar-refractivity contribution < 1.29 is 13.6 Å². The normalized spacial score (nSPS) is 19.5. The van der Waals surface area contributed by atoms with Crippen LogP contribution in [0.3, 0.4) is 0 Å². The van der Waals surface area contributed by atoms with E-state index in [-0.39, 0.29) is 34.5 Å². The summed E-state index contributed by atoms with van der Waals surface area (Å²) >= 11 is 5.71. The summed E-state index contributed by atoms with van der Waals surface area (Å²) in [6, 6.07) is 7.71. The van der Waals surface area contributed by atoms with Crippen LogP contribution >= 0.6 is 11.6 Å². The second-order valence-corrected chi connectivity index (χ2v) is 7.28. The van der Waals surface area contributed by atoms with Crippen LogP contribution in [0.5, 0.6) is 0 Å². The van der Waals surface area contributed by atoms with Crippen molar-refractivity contribution in [2.45, 2.75) is 38.1 Å². The van der Waals surface area contributed by atoms with Crippen LogP contribution in [0.15, 0.2) is 36.5 Å². The number of amides is 1. The molecule has 0 atom stereocenters. The molecule has 144 valence electrons. The van der Waals surface area contributed by atoms with E-state index in [0.29, 0.717) is 13.0 Å². The molecule has 0 spiro atoms. The van der Waals surface area contributed by atoms with Crippen LogP contribution in [-0.2, 0) is 11.2 Å². The first kappa shape index (κ1) is 19.5. The van der Waals surface area contributed by atoms with Gasteiger partial charge in [0.2, 0.25) is 5.91 Å². The summed E-state index contributed by atoms with van der Waals surface area (Å²) in [5.41, 5.74) is 0.862. The monoisotopic (exact) mass is 393 g/mol. The molecule has 1 saturated carbocycles. The minimum atomic E-state index is -0.472. The van der Waals surface area contributed by atoms with Gasteiger partial charge in [0.1, 0.15) is 5.82 Å². The van der Waals surface area contributed by atoms with E-state index in [0.717, 1.165) is 31.2 Å². The summed E-state index contributed by atoms with van der Waals surface area (Å²) in [5.74, 6) is -0.558. The molecule has 1 heterocycles. The molecule has 1 aromatic carbocycles. The zero-order valence-electron chi connectivity index (χ0n) is 14.9. The number of nitrogens with one attached hydrogen (secondary N) is 2. The second-order valence-electron chi connectivity index (χ2n) is 6.85. The predicted octanol–water partition coefficient (Wildman–Crippen LogP) is 4.34. The number of carbonyl (C=O) groups excluding carboxylic acids is 1. The number of pyridine rings is 1. The van der Waals surface area contributed by atoms with Crippen LogP contribution in [0.25, 0.3) is 0 Å². The minimum absolute atomic E-state index is 0.0284. The molecule has 1 fully saturated rings. The molecule has 1 aromatic heterocycles. The van der Waals surface area contributed by atoms with Gasteiger partial charge in [0.15, 0.2) is 11.6 Å². The number of rotatable bonds is 6. The third-order valence-electron chi connectivity index (χ3n) is 4.85. The van der Waals surface area contributed by atoms with Gasteiger partial charge in [0.05, 0.1) is 5.02 Å². The highest BCUT2D eigenvalue weighted by atomic mass is 35.5. The van der Waals surface area contributed by atoms with Gasteiger partial charge in [-0.2, -0.15) is 0 Å². The first-order chi connectivity index (χ1) is 13.0. The van der Waals surface area contributed by atoms with Gasteiger partial charge < -0.3 is 10.6 Å². The largest absolute Gasteiger partial charge is 0.365 e. The number of nitrogens with zero attached hydrogens (tertiary/aromatic N) is 1. The lowest BCUT2D eigenvalue weighted by molar-refractivity contribution is -0.125. The van der Waals surface area contributed by atoms with Gasteiger partial charge in [-0.15, -0.1) is 0 Å². The lowest BCUT2D eigenvalue weighted by Gasteiger charge is -2.28. The van der Waals surface area contributed by atoms with Crippen molar-refractivity contribution in [1.29, 1.82) is 0 Å². The van der Waals surface area contributed by atoms with E-state index >= 15 is 0 Å². The van der Waals surface area contributed by atoms with Crippen LogP contribution in [0, 0.1) is 17.6 Å². The minimum Gasteiger partial charge on any atom is -0.365 e. The SMILES string of the molecule is O=C(NCCc1cccc(F)c1)C1CCC(Nc2ncc(Cl)cc2F)CC1. The van der Waals surface area contributed by atoms with Crippen LogP contribution in [-0.4, -0.2) is 23.5 Å². The van der Waals surface area contributed by atoms with Crippen LogP contribution in [0.2, 0.25) is 5.02 Å². The van der Waals surface area contributed by atoms with Gasteiger partial charge in [0.25, 0.3) is 0 Å². The van der Waals surface area contributed by atoms with Crippen molar-refractivity contribution in [2.24, 2.45) is 5.92 Å². The number of hydrogen-bond acceptors (Lipinski definition) is 3. The van der Waals surface area contributed by atoms with E-state index in [1.807, 2.05) is 6.07 Å². The summed E-state index contributed by atoms with van der Waals surface area (Å²) < 4.78 is 27.0. The number of aromatic nitrogens is 1. The van der Waals surface area contributed by atoms with Gasteiger partial charge in [-0.3, -0.25) is 4.79 Å². The molecule has 4 nitrogen and oxygen atoms in total. The fraction of sp³-hybridized carbons (Fsp3) is 0.400. The Hall–Kier alpha value is -2.21. The Kier molecular flexibility index (Phi) is 6.61. The highest BCUT2D eigenvalue weighted by Gasteiger charge is 2.26. The van der Waals surface area contributed by atoms with Crippen molar-refractivity contribution in [3.05, 3.63) is 58.7 Å². The Morgan fingerprint density at radius 1 is 1.19 bits per heavy atom. The zero-order valence-corrected chi connectivity index (χ0v) is 15.6. The smallest absolute Gasteiger partial charge is 0.223 e. The van der Waals surface area contributed by atoms with Crippen molar-refractivity contribution in [1.82, 2.24) is 10.3 Å². The zero-order chi connectivity index (χ0) is 19.2. The van der Waals surface area contributed by atoms with Crippen molar-refractivity contribution >= 4 is 23.3 Å². The summed E-state index contributed by atoms with van der Waals surface area (Å²) in [6.45, 7) is 0.486. The highest BCUT2D eigenvalue weighted by Crippen LogP contribution is 2.27. The average molecular weight is 394 g/mol. The van der Waals surface area contributed by atoms with Gasteiger partial charge in [-0.1, -0.05) is 23.7 Å². The first-order valence-corrected chi connectivity index (χ1v) is 9.49. The Labute approximate surface area is 162 Å². The molecular formula is C20H22ClF2N3O. The molecule has 27 heavy (non-hydrogen) atoms. The molecular weight excluding hydrogens is 372 g/mol. The number of benzene rings is 1. The van der Waals surface area contributed by atoms with Crippen molar-refractivity contribution in [3.63, 3.8) is 0 Å². The quantitative estimate of drug-likeness (QED) is 0.767. The molecule has 3 rings (SSSR count). The number of halogens is 3. The van der Waals surface area contributed by atoms with Gasteiger partial charge in [-0.05, 0) is 55.9 Å². The standard InChI is InChI=1S/C20H22ClF2N3O/c21-15-11-18(23)19(25-12-15)26-17-6-4-14(5-7-17)20(27)24-9-8-13-2-1-3-16(22)10-13/h1-3,10-12,14,17H,4-9H2,(H,24,27)(H,25,26). The summed E-state index contributed by atoms with van der Waals surface area (Å²) in [7, 11) is 0. The number of hydrogen-bond donors (Lipinski definition) is 2. The average Bonchev–Trinajstić information content (AvgIpc) is 2.64. The molecule has 2 N–H and O–H groups in total. The van der Waals surface area contributed by atoms with E-state index in [9.17, 15) is 13.6 Å². The van der Waals surface area contributed by atoms with Crippen LogP contribution in [0.4, 0.5) is 14.6 Å². The lowest BCUT2D eigenvalue weighted by Crippen LogP contribution is -2.36. The topological polar surface area (TPSA) is 54.0 Å². The van der Waals surface area contributed by atoms with Crippen LogP contribution in [0.1, 0.15) is 31.2 Å². The third kappa shape index (κ3) is 5.63. The molecule has 7 heteroatoms. The number of carbonyl (C=O) groups is 1. The molecule has 1 aliphatic carbocycles. The fourth-order valence-electron chi connectivity index (χ4n) is 3.38. The van der Waals surface area contributed by atoms with E-state index in [1.165, 1.54) is 24.4 Å². The maximum atomic E-state index is 13.8. The molecule has 2 aromatic rings. The molecule has 1 amide bonds. The number of anilines is 1. The first-order valence-electron chi connectivity index (χ1n) is 9.11. The van der Waals surface area contributed by atoms with E-state index in [4.69, 9.17) is 11.6 Å². The molecule has 0 radical (unpaired) electrons. The Balaban J connectivity index is 1.41. The van der Waals surface area contributed by atoms with Crippen molar-refractivity contribution in [2.75, 3.05) is 11.9 Å². The summed E-state index contributed by atoms with van der Waals surface area (Å²) in [4.78, 5) is 16.3. The molecule has 0 bridgehead atoms. The molecule has 0 unspecified atom stereocenters. The Bertz CT molecular complexity index is 795. The van der Waals surface area contributed by atoms with Gasteiger partial charge in [-0.25, -0.2) is 13.8 Å². The van der Waals surface area contributed by atoms with E-state index in [2.05, 4.69) is 15.6 Å². The lowest BCUT2D eigenvalue weighted by atomic mass is 9.85. The van der Waals surface area contributed by atoms with Gasteiger partial charge in [0, 0.05) is 24.7 Å². The Morgan fingerprint density at radius 2 is 1.96 bits per heavy atom. The van der Waals surface area contributed by atoms with E-state index in [1.54, 1.807) is 6.07 Å². The van der Waals surface area contributed by atoms with E-state index < -0.39 is 5.82 Å². The van der Waals surface area contributed by atoms with Gasteiger partial charge >= 0.3 is 0 Å². The fourth-order valence-corrected chi connectivity index (χ4v) is 3.53. The molecule has 0 saturated heterocycles. The molecule has 1 aliphatic rings. The summed E-state index contributed by atoms with van der Waals surface area (Å²) in [6.07, 6.45) is 5.02. The van der Waals surface area contributed by atoms with Crippen molar-refractivity contribution in [3.8, 4) is 0 Å². The third-order valence-corrected chi connectivity index (χ3v) is 5.06. The predicted molar refractivity (Wildman–Crippen MR) is 102 cm³/mol. The summed E-state index contributed by atoms with van der Waals surface area (Å²) in [5, 5.41) is 6.29. The maximum Gasteiger partial charge on any atom is 0.223 e. The Morgan fingerprint density at radius 3 is 2.67 bits per heavy atom. The highest BCUT2D eigenvalue weighted by molar-refractivity contribution is 6.30.